The van der Waals surface area contributed by atoms with Crippen molar-refractivity contribution in [3.63, 3.8) is 0 Å². The number of benzene rings is 1. The van der Waals surface area contributed by atoms with Gasteiger partial charge in [0.05, 0.1) is 6.20 Å². The predicted molar refractivity (Wildman–Crippen MR) is 82.9 cm³/mol. The minimum Gasteiger partial charge on any atom is -0.503 e. The number of rotatable bonds is 2. The molecular formula is C15H14Cl2N2O2. The molecule has 1 N–H and O–H groups in total. The van der Waals surface area contributed by atoms with Crippen LogP contribution < -0.4 is 5.43 Å². The summed E-state index contributed by atoms with van der Waals surface area (Å²) in [6.45, 7) is 2.94. The topological polar surface area (TPSA) is 45.5 Å². The summed E-state index contributed by atoms with van der Waals surface area (Å²) < 4.78 is 1.91. The quantitative estimate of drug-likeness (QED) is 0.923. The number of hydrogen-bond donors (Lipinski definition) is 1. The van der Waals surface area contributed by atoms with Crippen LogP contribution in [0.3, 0.4) is 0 Å². The monoisotopic (exact) mass is 324 g/mol. The van der Waals surface area contributed by atoms with Crippen LogP contribution >= 0.6 is 23.2 Å². The van der Waals surface area contributed by atoms with Gasteiger partial charge in [-0.05, 0) is 23.8 Å². The molecule has 21 heavy (non-hydrogen) atoms. The van der Waals surface area contributed by atoms with E-state index >= 15 is 0 Å². The van der Waals surface area contributed by atoms with Crippen molar-refractivity contribution in [2.45, 2.75) is 19.6 Å². The Kier molecular flexibility index (Phi) is 3.93. The normalized spacial score (nSPS) is 15.0. The summed E-state index contributed by atoms with van der Waals surface area (Å²) in [5.74, 6) is -0.200. The molecule has 0 radical (unpaired) electrons. The van der Waals surface area contributed by atoms with Gasteiger partial charge >= 0.3 is 0 Å². The Labute approximate surface area is 132 Å². The highest BCUT2D eigenvalue weighted by Gasteiger charge is 2.17. The van der Waals surface area contributed by atoms with Crippen LogP contribution in [0, 0.1) is 0 Å². The SMILES string of the molecule is O=c1cc2n(cc1O)CCN(Cc1cc(Cl)cc(Cl)c1)C2. The first-order chi connectivity index (χ1) is 10.0. The molecule has 0 unspecified atom stereocenters. The summed E-state index contributed by atoms with van der Waals surface area (Å²) in [5, 5.41) is 10.7. The van der Waals surface area contributed by atoms with Crippen molar-refractivity contribution in [3.05, 3.63) is 62.0 Å². The van der Waals surface area contributed by atoms with E-state index in [4.69, 9.17) is 23.2 Å². The van der Waals surface area contributed by atoms with E-state index in [2.05, 4.69) is 4.90 Å². The maximum Gasteiger partial charge on any atom is 0.223 e. The largest absolute Gasteiger partial charge is 0.503 e. The fourth-order valence-electron chi connectivity index (χ4n) is 2.60. The Hall–Kier alpha value is -1.49. The van der Waals surface area contributed by atoms with Crippen LogP contribution in [0.15, 0.2) is 35.3 Å². The molecule has 0 spiro atoms. The second-order valence-corrected chi connectivity index (χ2v) is 6.07. The van der Waals surface area contributed by atoms with Gasteiger partial charge in [0.1, 0.15) is 0 Å². The number of nitrogens with zero attached hydrogens (tertiary/aromatic N) is 2. The molecule has 2 heterocycles. The van der Waals surface area contributed by atoms with Gasteiger partial charge in [0.2, 0.25) is 5.43 Å². The Morgan fingerprint density at radius 3 is 2.52 bits per heavy atom. The lowest BCUT2D eigenvalue weighted by Crippen LogP contribution is -2.34. The molecule has 0 bridgehead atoms. The molecule has 4 nitrogen and oxygen atoms in total. The van der Waals surface area contributed by atoms with Crippen LogP contribution in [0.1, 0.15) is 11.3 Å². The maximum atomic E-state index is 11.5. The second-order valence-electron chi connectivity index (χ2n) is 5.20. The molecular weight excluding hydrogens is 311 g/mol. The third-order valence-corrected chi connectivity index (χ3v) is 4.00. The summed E-state index contributed by atoms with van der Waals surface area (Å²) in [6.07, 6.45) is 1.51. The number of hydrogen-bond acceptors (Lipinski definition) is 3. The molecule has 1 aliphatic heterocycles. The number of pyridine rings is 1. The van der Waals surface area contributed by atoms with Gasteiger partial charge in [0.15, 0.2) is 5.75 Å². The highest BCUT2D eigenvalue weighted by Crippen LogP contribution is 2.22. The van der Waals surface area contributed by atoms with E-state index < -0.39 is 0 Å². The molecule has 0 fully saturated rings. The third-order valence-electron chi connectivity index (χ3n) is 3.57. The summed E-state index contributed by atoms with van der Waals surface area (Å²) in [5.41, 5.74) is 1.60. The molecule has 0 saturated carbocycles. The molecule has 6 heteroatoms. The standard InChI is InChI=1S/C15H14Cl2N2O2/c16-11-3-10(4-12(17)5-11)7-18-1-2-19-9-15(21)14(20)6-13(19)8-18/h3-6,9,21H,1-2,7-8H2. The zero-order valence-corrected chi connectivity index (χ0v) is 12.7. The summed E-state index contributed by atoms with van der Waals surface area (Å²) in [7, 11) is 0. The Balaban J connectivity index is 1.80. The van der Waals surface area contributed by atoms with Gasteiger partial charge in [-0.2, -0.15) is 0 Å². The average molecular weight is 325 g/mol. The van der Waals surface area contributed by atoms with Crippen molar-refractivity contribution in [2.75, 3.05) is 6.54 Å². The summed E-state index contributed by atoms with van der Waals surface area (Å²) in [4.78, 5) is 13.7. The Morgan fingerprint density at radius 1 is 1.10 bits per heavy atom. The first-order valence-corrected chi connectivity index (χ1v) is 7.36. The number of aromatic hydroxyl groups is 1. The fraction of sp³-hybridized carbons (Fsp3) is 0.267. The lowest BCUT2D eigenvalue weighted by Gasteiger charge is -2.30. The van der Waals surface area contributed by atoms with E-state index in [1.165, 1.54) is 12.3 Å². The molecule has 0 saturated heterocycles. The van der Waals surface area contributed by atoms with Gasteiger partial charge in [-0.25, -0.2) is 0 Å². The van der Waals surface area contributed by atoms with Crippen molar-refractivity contribution in [3.8, 4) is 5.75 Å². The summed E-state index contributed by atoms with van der Waals surface area (Å²) in [6, 6.07) is 6.99. The van der Waals surface area contributed by atoms with E-state index in [0.717, 1.165) is 30.9 Å². The van der Waals surface area contributed by atoms with E-state index in [1.54, 1.807) is 6.07 Å². The second kappa shape index (κ2) is 5.72. The van der Waals surface area contributed by atoms with Crippen molar-refractivity contribution < 1.29 is 5.11 Å². The number of halogens is 2. The van der Waals surface area contributed by atoms with E-state index in [9.17, 15) is 9.90 Å². The van der Waals surface area contributed by atoms with Gasteiger partial charge in [-0.1, -0.05) is 23.2 Å². The van der Waals surface area contributed by atoms with Crippen LogP contribution in [0.25, 0.3) is 0 Å². The first-order valence-electron chi connectivity index (χ1n) is 6.61. The van der Waals surface area contributed by atoms with Crippen LogP contribution in [0.2, 0.25) is 10.0 Å². The van der Waals surface area contributed by atoms with E-state index in [-0.39, 0.29) is 11.2 Å². The zero-order valence-electron chi connectivity index (χ0n) is 11.2. The highest BCUT2D eigenvalue weighted by atomic mass is 35.5. The molecule has 0 atom stereocenters. The lowest BCUT2D eigenvalue weighted by molar-refractivity contribution is 0.210. The van der Waals surface area contributed by atoms with Crippen LogP contribution in [0.4, 0.5) is 0 Å². The smallest absolute Gasteiger partial charge is 0.223 e. The lowest BCUT2D eigenvalue weighted by atomic mass is 10.1. The molecule has 3 rings (SSSR count). The van der Waals surface area contributed by atoms with Crippen molar-refractivity contribution in [2.24, 2.45) is 0 Å². The van der Waals surface area contributed by atoms with E-state index in [0.29, 0.717) is 16.6 Å². The number of aromatic nitrogens is 1. The van der Waals surface area contributed by atoms with Gasteiger partial charge < -0.3 is 9.67 Å². The van der Waals surface area contributed by atoms with Gasteiger partial charge in [-0.3, -0.25) is 9.69 Å². The fourth-order valence-corrected chi connectivity index (χ4v) is 3.17. The highest BCUT2D eigenvalue weighted by molar-refractivity contribution is 6.34. The van der Waals surface area contributed by atoms with Crippen molar-refractivity contribution >= 4 is 23.2 Å². The third kappa shape index (κ3) is 3.23. The number of fused-ring (bicyclic) bond motifs is 1. The van der Waals surface area contributed by atoms with Gasteiger partial charge in [0, 0.05) is 48.0 Å². The average Bonchev–Trinajstić information content (AvgIpc) is 2.39. The predicted octanol–water partition coefficient (Wildman–Crippen LogP) is 2.88. The van der Waals surface area contributed by atoms with Gasteiger partial charge in [-0.15, -0.1) is 0 Å². The minimum absolute atomic E-state index is 0.200. The molecule has 1 aromatic heterocycles. The zero-order chi connectivity index (χ0) is 15.0. The molecule has 110 valence electrons. The molecule has 0 amide bonds. The van der Waals surface area contributed by atoms with Crippen LogP contribution in [0.5, 0.6) is 5.75 Å². The molecule has 1 aromatic carbocycles. The minimum atomic E-state index is -0.339. The maximum absolute atomic E-state index is 11.5. The Morgan fingerprint density at radius 2 is 1.81 bits per heavy atom. The molecule has 2 aromatic rings. The van der Waals surface area contributed by atoms with Crippen molar-refractivity contribution in [1.82, 2.24) is 9.47 Å². The van der Waals surface area contributed by atoms with Crippen LogP contribution in [-0.4, -0.2) is 21.1 Å². The first kappa shape index (κ1) is 14.4. The van der Waals surface area contributed by atoms with E-state index in [1.807, 2.05) is 16.7 Å². The summed E-state index contributed by atoms with van der Waals surface area (Å²) >= 11 is 12.0. The van der Waals surface area contributed by atoms with Crippen molar-refractivity contribution in [1.29, 1.82) is 0 Å². The molecule has 0 aliphatic carbocycles. The van der Waals surface area contributed by atoms with Gasteiger partial charge in [0.25, 0.3) is 0 Å². The van der Waals surface area contributed by atoms with Crippen LogP contribution in [-0.2, 0) is 19.6 Å². The molecule has 1 aliphatic rings. The Bertz CT molecular complexity index is 723.